The Bertz CT molecular complexity index is 1260. The molecule has 5 rings (SSSR count). The Kier molecular flexibility index (Phi) is 5.65. The summed E-state index contributed by atoms with van der Waals surface area (Å²) in [7, 11) is 1.80. The van der Waals surface area contributed by atoms with Gasteiger partial charge in [-0.2, -0.15) is 0 Å². The summed E-state index contributed by atoms with van der Waals surface area (Å²) in [6, 6.07) is 5.21. The van der Waals surface area contributed by atoms with Gasteiger partial charge >= 0.3 is 11.9 Å². The van der Waals surface area contributed by atoms with E-state index in [-0.39, 0.29) is 41.9 Å². The molecule has 4 atom stereocenters. The lowest BCUT2D eigenvalue weighted by Crippen LogP contribution is -2.29. The lowest BCUT2D eigenvalue weighted by molar-refractivity contribution is -0.140. The summed E-state index contributed by atoms with van der Waals surface area (Å²) in [5, 5.41) is 1.09. The van der Waals surface area contributed by atoms with Crippen LogP contribution in [0.25, 0.3) is 10.9 Å². The molecule has 7 nitrogen and oxygen atoms in total. The average Bonchev–Trinajstić information content (AvgIpc) is 3.25. The van der Waals surface area contributed by atoms with Crippen molar-refractivity contribution in [1.29, 1.82) is 0 Å². The van der Waals surface area contributed by atoms with Gasteiger partial charge in [0.1, 0.15) is 18.8 Å². The van der Waals surface area contributed by atoms with Crippen molar-refractivity contribution in [1.82, 2.24) is 4.57 Å². The summed E-state index contributed by atoms with van der Waals surface area (Å²) in [6.45, 7) is 5.95. The fourth-order valence-corrected chi connectivity index (χ4v) is 5.30. The number of hydrogen-bond donors (Lipinski definition) is 0. The molecule has 0 spiro atoms. The number of carbonyl (C=O) groups is 3. The topological polar surface area (TPSA) is 87.1 Å². The number of hydrogen-bond acceptors (Lipinski definition) is 6. The number of carbonyl (C=O) groups excluding carboxylic acids is 3. The molecule has 34 heavy (non-hydrogen) atoms. The van der Waals surface area contributed by atoms with Gasteiger partial charge in [-0.1, -0.05) is 24.3 Å². The van der Waals surface area contributed by atoms with Gasteiger partial charge in [-0.05, 0) is 56.4 Å². The highest BCUT2D eigenvalue weighted by Crippen LogP contribution is 2.49. The minimum Gasteiger partial charge on any atom is -0.455 e. The summed E-state index contributed by atoms with van der Waals surface area (Å²) in [4.78, 5) is 37.6. The maximum Gasteiger partial charge on any atom is 0.380 e. The zero-order valence-electron chi connectivity index (χ0n) is 19.1. The number of halogens is 1. The van der Waals surface area contributed by atoms with Gasteiger partial charge in [-0.3, -0.25) is 4.79 Å². The summed E-state index contributed by atoms with van der Waals surface area (Å²) in [6.07, 6.45) is 5.95. The Labute approximate surface area is 202 Å². The van der Waals surface area contributed by atoms with Crippen molar-refractivity contribution in [2.45, 2.75) is 50.4 Å². The molecule has 0 bridgehead atoms. The Balaban J connectivity index is 1.29. The fourth-order valence-electron chi connectivity index (χ4n) is 5.13. The number of fused-ring (bicyclic) bond motifs is 4. The van der Waals surface area contributed by atoms with Crippen LogP contribution in [0.5, 0.6) is 0 Å². The number of aryl methyl sites for hydroxylation is 1. The van der Waals surface area contributed by atoms with Crippen molar-refractivity contribution in [2.24, 2.45) is 13.0 Å². The molecule has 1 aliphatic carbocycles. The Morgan fingerprint density at radius 1 is 1.35 bits per heavy atom. The smallest absolute Gasteiger partial charge is 0.380 e. The van der Waals surface area contributed by atoms with Crippen LogP contribution >= 0.6 is 11.6 Å². The first-order chi connectivity index (χ1) is 16.2. The van der Waals surface area contributed by atoms with Crippen LogP contribution in [0.3, 0.4) is 0 Å². The van der Waals surface area contributed by atoms with Crippen LogP contribution in [-0.4, -0.2) is 46.7 Å². The van der Waals surface area contributed by atoms with Gasteiger partial charge in [0, 0.05) is 40.7 Å². The molecule has 0 unspecified atom stereocenters. The average molecular weight is 484 g/mol. The van der Waals surface area contributed by atoms with E-state index >= 15 is 0 Å². The van der Waals surface area contributed by atoms with Gasteiger partial charge in [0.15, 0.2) is 0 Å². The number of epoxide rings is 1. The molecule has 0 saturated carbocycles. The highest BCUT2D eigenvalue weighted by Gasteiger charge is 2.61. The highest BCUT2D eigenvalue weighted by atomic mass is 35.5. The van der Waals surface area contributed by atoms with E-state index in [9.17, 15) is 14.4 Å². The Morgan fingerprint density at radius 3 is 2.94 bits per heavy atom. The van der Waals surface area contributed by atoms with Gasteiger partial charge in [-0.15, -0.1) is 0 Å². The van der Waals surface area contributed by atoms with Crippen molar-refractivity contribution in [3.63, 3.8) is 0 Å². The molecule has 2 aliphatic heterocycles. The molecular formula is C26H26ClNO6. The molecule has 1 aromatic carbocycles. The number of allylic oxidation sites excluding steroid dienone is 1. The minimum absolute atomic E-state index is 0.00968. The first-order valence-corrected chi connectivity index (χ1v) is 11.8. The van der Waals surface area contributed by atoms with E-state index in [1.807, 2.05) is 13.0 Å². The first-order valence-electron chi connectivity index (χ1n) is 11.4. The summed E-state index contributed by atoms with van der Waals surface area (Å²) < 4.78 is 18.7. The summed E-state index contributed by atoms with van der Waals surface area (Å²) in [5.41, 5.74) is 2.08. The molecule has 1 aromatic heterocycles. The van der Waals surface area contributed by atoms with Crippen molar-refractivity contribution >= 4 is 40.2 Å². The highest BCUT2D eigenvalue weighted by molar-refractivity contribution is 6.43. The number of Topliss-reactive ketones (excluding diaryl/α,β-unsaturated/α-hetero) is 1. The number of rotatable bonds is 4. The lowest BCUT2D eigenvalue weighted by Gasteiger charge is -2.20. The lowest BCUT2D eigenvalue weighted by atomic mass is 9.84. The SMILES string of the molecule is C=C1C(=O)O[C@H]2[C@H]1CC/C(COC(=O)C(=O)c1cn(C)c3ccc(Cl)cc13)=C\CC[C@@]1(C)O[C@@H]21. The van der Waals surface area contributed by atoms with Crippen molar-refractivity contribution in [3.8, 4) is 0 Å². The monoisotopic (exact) mass is 483 g/mol. The van der Waals surface area contributed by atoms with Crippen LogP contribution in [0.15, 0.2) is 48.2 Å². The molecule has 178 valence electrons. The van der Waals surface area contributed by atoms with Crippen LogP contribution < -0.4 is 0 Å². The number of benzene rings is 1. The molecule has 8 heteroatoms. The van der Waals surface area contributed by atoms with Crippen LogP contribution in [-0.2, 0) is 30.8 Å². The number of ether oxygens (including phenoxy) is 3. The van der Waals surface area contributed by atoms with Crippen LogP contribution in [0, 0.1) is 5.92 Å². The molecule has 0 N–H and O–H groups in total. The predicted octanol–water partition coefficient (Wildman–Crippen LogP) is 4.31. The van der Waals surface area contributed by atoms with Gasteiger partial charge in [0.2, 0.25) is 0 Å². The third kappa shape index (κ3) is 3.97. The van der Waals surface area contributed by atoms with E-state index in [1.54, 1.807) is 36.0 Å². The third-order valence-electron chi connectivity index (χ3n) is 7.21. The Morgan fingerprint density at radius 2 is 2.15 bits per heavy atom. The molecule has 3 heterocycles. The molecule has 2 fully saturated rings. The largest absolute Gasteiger partial charge is 0.455 e. The maximum absolute atomic E-state index is 12.9. The maximum atomic E-state index is 12.9. The van der Waals surface area contributed by atoms with Crippen LogP contribution in [0.4, 0.5) is 0 Å². The van der Waals surface area contributed by atoms with Gasteiger partial charge in [-0.25, -0.2) is 9.59 Å². The zero-order valence-corrected chi connectivity index (χ0v) is 19.9. The standard InChI is InChI=1S/C26H26ClNO6/c1-14-17-8-6-15(5-4-10-26(2)23(34-26)22(17)33-24(14)30)13-32-25(31)21(29)19-12-28(3)20-9-7-16(27)11-18(19)20/h5,7,9,11-12,17,22-23H,1,4,6,8,10,13H2,2-3H3/b15-5+/t17-,22-,23-,26+/m0/s1. The molecule has 0 amide bonds. The molecule has 0 radical (unpaired) electrons. The number of aromatic nitrogens is 1. The van der Waals surface area contributed by atoms with Crippen LogP contribution in [0.1, 0.15) is 43.0 Å². The first kappa shape index (κ1) is 22.9. The minimum atomic E-state index is -0.912. The van der Waals surface area contributed by atoms with E-state index in [2.05, 4.69) is 6.58 Å². The fraction of sp³-hybridized carbons (Fsp3) is 0.423. The number of esters is 2. The molecule has 2 aromatic rings. The van der Waals surface area contributed by atoms with E-state index in [4.69, 9.17) is 25.8 Å². The zero-order chi connectivity index (χ0) is 24.2. The second kappa shape index (κ2) is 8.40. The summed E-state index contributed by atoms with van der Waals surface area (Å²) >= 11 is 6.09. The van der Waals surface area contributed by atoms with Crippen LogP contribution in [0.2, 0.25) is 5.02 Å². The Hall–Kier alpha value is -2.90. The molecule has 2 saturated heterocycles. The van der Waals surface area contributed by atoms with Gasteiger partial charge in [0.05, 0.1) is 11.2 Å². The number of ketones is 1. The summed E-state index contributed by atoms with van der Waals surface area (Å²) in [5.74, 6) is -2.13. The third-order valence-corrected chi connectivity index (χ3v) is 7.44. The van der Waals surface area contributed by atoms with E-state index < -0.39 is 11.8 Å². The van der Waals surface area contributed by atoms with E-state index in [0.29, 0.717) is 28.8 Å². The number of nitrogens with zero attached hydrogens (tertiary/aromatic N) is 1. The molecule has 3 aliphatic rings. The second-order valence-electron chi connectivity index (χ2n) is 9.51. The normalized spacial score (nSPS) is 30.1. The van der Waals surface area contributed by atoms with Crippen molar-refractivity contribution in [2.75, 3.05) is 6.61 Å². The van der Waals surface area contributed by atoms with Gasteiger partial charge in [0.25, 0.3) is 5.78 Å². The van der Waals surface area contributed by atoms with Crippen molar-refractivity contribution in [3.05, 3.63) is 58.8 Å². The van der Waals surface area contributed by atoms with Gasteiger partial charge < -0.3 is 18.8 Å². The quantitative estimate of drug-likeness (QED) is 0.161. The van der Waals surface area contributed by atoms with E-state index in [1.165, 1.54) is 0 Å². The molecular weight excluding hydrogens is 458 g/mol. The van der Waals surface area contributed by atoms with E-state index in [0.717, 1.165) is 23.9 Å². The predicted molar refractivity (Wildman–Crippen MR) is 126 cm³/mol. The van der Waals surface area contributed by atoms with Crippen molar-refractivity contribution < 1.29 is 28.6 Å². The second-order valence-corrected chi connectivity index (χ2v) is 9.95.